The quantitative estimate of drug-likeness (QED) is 0.195. The van der Waals surface area contributed by atoms with Crippen molar-refractivity contribution in [2.24, 2.45) is 0 Å². The molecule has 3 aromatic carbocycles. The molecule has 0 aliphatic heterocycles. The number of rotatable bonds is 19. The van der Waals surface area contributed by atoms with Crippen LogP contribution in [0.2, 0.25) is 0 Å². The van der Waals surface area contributed by atoms with Crippen LogP contribution in [-0.2, 0) is 35.0 Å². The molecule has 0 aliphatic rings. The van der Waals surface area contributed by atoms with E-state index in [1.807, 2.05) is 0 Å². The number of aliphatic hydroxyl groups is 1. The van der Waals surface area contributed by atoms with Gasteiger partial charge in [-0.3, -0.25) is 0 Å². The number of aliphatic hydroxyl groups excluding tert-OH is 1. The van der Waals surface area contributed by atoms with E-state index in [0.717, 1.165) is 0 Å². The summed E-state index contributed by atoms with van der Waals surface area (Å²) in [7, 11) is 0. The lowest BCUT2D eigenvalue weighted by molar-refractivity contribution is -0.0189. The van der Waals surface area contributed by atoms with E-state index in [2.05, 4.69) is 56.3 Å². The second-order valence-corrected chi connectivity index (χ2v) is 8.57. The first-order valence-corrected chi connectivity index (χ1v) is 12.7. The summed E-state index contributed by atoms with van der Waals surface area (Å²) in [6.07, 6.45) is 0. The maximum absolute atomic E-state index is 8.59. The van der Waals surface area contributed by atoms with Gasteiger partial charge in [-0.15, -0.1) is 0 Å². The Bertz CT molecular complexity index is 1040. The van der Waals surface area contributed by atoms with Gasteiger partial charge in [-0.1, -0.05) is 36.4 Å². The maximum atomic E-state index is 8.59. The van der Waals surface area contributed by atoms with Gasteiger partial charge in [-0.25, -0.2) is 0 Å². The molecule has 36 heavy (non-hydrogen) atoms. The maximum Gasteiger partial charge on any atom is 0.0730 e. The van der Waals surface area contributed by atoms with Gasteiger partial charge in [0.2, 0.25) is 0 Å². The predicted octanol–water partition coefficient (Wildman–Crippen LogP) is 4.20. The molecule has 198 valence electrons. The van der Waals surface area contributed by atoms with E-state index in [-0.39, 0.29) is 6.61 Å². The van der Waals surface area contributed by atoms with Crippen molar-refractivity contribution in [3.63, 3.8) is 0 Å². The Labute approximate surface area is 214 Å². The first-order chi connectivity index (χ1) is 17.7. The van der Waals surface area contributed by atoms with E-state index < -0.39 is 0 Å². The van der Waals surface area contributed by atoms with Crippen molar-refractivity contribution in [2.75, 3.05) is 79.3 Å². The zero-order valence-electron chi connectivity index (χ0n) is 21.6. The zero-order valence-corrected chi connectivity index (χ0v) is 21.6. The number of hydrogen-bond donors (Lipinski definition) is 1. The number of benzene rings is 3. The molecule has 0 heterocycles. The average Bonchev–Trinajstić information content (AvgIpc) is 2.88. The molecule has 0 aliphatic carbocycles. The summed E-state index contributed by atoms with van der Waals surface area (Å²) in [5, 5.41) is 13.6. The molecule has 0 radical (unpaired) electrons. The van der Waals surface area contributed by atoms with Crippen molar-refractivity contribution in [1.29, 1.82) is 0 Å². The predicted molar refractivity (Wildman–Crippen MR) is 142 cm³/mol. The van der Waals surface area contributed by atoms with Gasteiger partial charge in [-0.2, -0.15) is 0 Å². The van der Waals surface area contributed by atoms with Crippen LogP contribution in [0.5, 0.6) is 0 Å². The molecule has 0 spiro atoms. The minimum atomic E-state index is 0.0327. The van der Waals surface area contributed by atoms with Crippen LogP contribution in [0.3, 0.4) is 0 Å². The summed E-state index contributed by atoms with van der Waals surface area (Å²) < 4.78 is 33.1. The van der Waals surface area contributed by atoms with E-state index in [0.29, 0.717) is 79.3 Å². The lowest BCUT2D eigenvalue weighted by atomic mass is 9.94. The van der Waals surface area contributed by atoms with Crippen LogP contribution >= 0.6 is 0 Å². The SMILES string of the molecule is Cc1cc2cc3ccccc3c(COCCOCCOCCOCCOCCOCCO)c2cc1C. The molecule has 0 unspecified atom stereocenters. The Morgan fingerprint density at radius 3 is 1.61 bits per heavy atom. The summed E-state index contributed by atoms with van der Waals surface area (Å²) >= 11 is 0. The van der Waals surface area contributed by atoms with Gasteiger partial charge in [0.1, 0.15) is 0 Å². The molecular formula is C29H40O7. The second-order valence-electron chi connectivity index (χ2n) is 8.57. The molecule has 3 rings (SSSR count). The van der Waals surface area contributed by atoms with Crippen LogP contribution in [0, 0.1) is 13.8 Å². The molecule has 1 N–H and O–H groups in total. The minimum absolute atomic E-state index is 0.0327. The van der Waals surface area contributed by atoms with E-state index in [9.17, 15) is 0 Å². The van der Waals surface area contributed by atoms with Gasteiger partial charge in [0.05, 0.1) is 85.9 Å². The highest BCUT2D eigenvalue weighted by Crippen LogP contribution is 2.31. The van der Waals surface area contributed by atoms with Crippen molar-refractivity contribution >= 4 is 21.5 Å². The Balaban J connectivity index is 1.25. The minimum Gasteiger partial charge on any atom is -0.394 e. The van der Waals surface area contributed by atoms with Crippen LogP contribution in [-0.4, -0.2) is 84.4 Å². The van der Waals surface area contributed by atoms with Gasteiger partial charge in [-0.05, 0) is 58.1 Å². The molecule has 0 saturated heterocycles. The topological polar surface area (TPSA) is 75.6 Å². The van der Waals surface area contributed by atoms with Crippen molar-refractivity contribution < 1.29 is 33.5 Å². The number of ether oxygens (including phenoxy) is 6. The first kappa shape index (κ1) is 28.5. The van der Waals surface area contributed by atoms with Crippen LogP contribution in [0.1, 0.15) is 16.7 Å². The lowest BCUT2D eigenvalue weighted by Crippen LogP contribution is -2.14. The molecule has 3 aromatic rings. The molecule has 0 amide bonds. The van der Waals surface area contributed by atoms with Gasteiger partial charge >= 0.3 is 0 Å². The Morgan fingerprint density at radius 1 is 0.528 bits per heavy atom. The summed E-state index contributed by atoms with van der Waals surface area (Å²) in [5.41, 5.74) is 3.83. The normalized spacial score (nSPS) is 11.6. The third-order valence-corrected chi connectivity index (χ3v) is 5.93. The monoisotopic (exact) mass is 500 g/mol. The first-order valence-electron chi connectivity index (χ1n) is 12.7. The zero-order chi connectivity index (χ0) is 25.4. The summed E-state index contributed by atoms with van der Waals surface area (Å²) in [6, 6.07) is 15.3. The average molecular weight is 501 g/mol. The molecule has 7 heteroatoms. The Morgan fingerprint density at radius 2 is 1.03 bits per heavy atom. The number of hydrogen-bond acceptors (Lipinski definition) is 7. The lowest BCUT2D eigenvalue weighted by Gasteiger charge is -2.14. The fourth-order valence-electron chi connectivity index (χ4n) is 3.92. The van der Waals surface area contributed by atoms with Gasteiger partial charge < -0.3 is 33.5 Å². The molecule has 0 saturated carbocycles. The van der Waals surface area contributed by atoms with Crippen LogP contribution in [0.15, 0.2) is 42.5 Å². The fourth-order valence-corrected chi connectivity index (χ4v) is 3.92. The van der Waals surface area contributed by atoms with E-state index in [4.69, 9.17) is 33.5 Å². The highest BCUT2D eigenvalue weighted by atomic mass is 16.6. The van der Waals surface area contributed by atoms with Crippen molar-refractivity contribution in [3.05, 3.63) is 59.2 Å². The molecule has 7 nitrogen and oxygen atoms in total. The Hall–Kier alpha value is -2.10. The van der Waals surface area contributed by atoms with Crippen molar-refractivity contribution in [1.82, 2.24) is 0 Å². The number of fused-ring (bicyclic) bond motifs is 2. The summed E-state index contributed by atoms with van der Waals surface area (Å²) in [6.45, 7) is 10.4. The highest BCUT2D eigenvalue weighted by Gasteiger charge is 2.09. The number of aryl methyl sites for hydroxylation is 2. The third-order valence-electron chi connectivity index (χ3n) is 5.93. The smallest absolute Gasteiger partial charge is 0.0730 e. The van der Waals surface area contributed by atoms with Crippen LogP contribution in [0.4, 0.5) is 0 Å². The largest absolute Gasteiger partial charge is 0.394 e. The summed E-state index contributed by atoms with van der Waals surface area (Å²) in [4.78, 5) is 0. The van der Waals surface area contributed by atoms with Crippen LogP contribution < -0.4 is 0 Å². The van der Waals surface area contributed by atoms with E-state index in [1.54, 1.807) is 0 Å². The van der Waals surface area contributed by atoms with Crippen molar-refractivity contribution in [3.8, 4) is 0 Å². The molecule has 0 aromatic heterocycles. The van der Waals surface area contributed by atoms with Gasteiger partial charge in [0.15, 0.2) is 0 Å². The molecular weight excluding hydrogens is 460 g/mol. The molecule has 0 bridgehead atoms. The van der Waals surface area contributed by atoms with Crippen LogP contribution in [0.25, 0.3) is 21.5 Å². The highest BCUT2D eigenvalue weighted by molar-refractivity contribution is 6.02. The standard InChI is InChI=1S/C29H40O7/c1-23-19-26-21-25-5-3-4-6-27(25)29(28(26)20-24(23)2)22-36-18-17-35-16-15-34-14-13-33-12-11-32-10-9-31-8-7-30/h3-6,19-21,30H,7-18,22H2,1-2H3. The van der Waals surface area contributed by atoms with Crippen molar-refractivity contribution in [2.45, 2.75) is 20.5 Å². The Kier molecular flexibility index (Phi) is 13.1. The third kappa shape index (κ3) is 9.41. The van der Waals surface area contributed by atoms with E-state index in [1.165, 1.54) is 38.2 Å². The van der Waals surface area contributed by atoms with E-state index >= 15 is 0 Å². The molecule has 0 fully saturated rings. The fraction of sp³-hybridized carbons (Fsp3) is 0.517. The van der Waals surface area contributed by atoms with Gasteiger partial charge in [0.25, 0.3) is 0 Å². The van der Waals surface area contributed by atoms with Gasteiger partial charge in [0, 0.05) is 0 Å². The molecule has 0 atom stereocenters. The second kappa shape index (κ2) is 16.6. The summed E-state index contributed by atoms with van der Waals surface area (Å²) in [5.74, 6) is 0.